The highest BCUT2D eigenvalue weighted by molar-refractivity contribution is 5.86. The molecule has 0 aromatic rings. The molecule has 0 aromatic carbocycles. The van der Waals surface area contributed by atoms with Crippen LogP contribution in [0.15, 0.2) is 0 Å². The summed E-state index contributed by atoms with van der Waals surface area (Å²) in [6.45, 7) is 5.17. The maximum absolute atomic E-state index is 12.5. The van der Waals surface area contributed by atoms with E-state index < -0.39 is 47.7 Å². The summed E-state index contributed by atoms with van der Waals surface area (Å²) in [7, 11) is 0. The highest BCUT2D eigenvalue weighted by Gasteiger charge is 2.24. The van der Waals surface area contributed by atoms with Crippen molar-refractivity contribution in [1.82, 2.24) is 21.3 Å². The highest BCUT2D eigenvalue weighted by Crippen LogP contribution is 2.13. The molecule has 4 amide bonds. The molecule has 0 unspecified atom stereocenters. The molecule has 60 heavy (non-hydrogen) atoms. The number of carboxylic acid groups (broad SMARTS) is 3. The van der Waals surface area contributed by atoms with Crippen molar-refractivity contribution in [2.45, 2.75) is 142 Å². The van der Waals surface area contributed by atoms with Crippen LogP contribution >= 0.6 is 0 Å². The maximum Gasteiger partial charge on any atom is 0.326 e. The second-order valence-corrected chi connectivity index (χ2v) is 14.8. The Morgan fingerprint density at radius 1 is 0.433 bits per heavy atom. The summed E-state index contributed by atoms with van der Waals surface area (Å²) in [5.74, 6) is -5.43. The molecule has 0 saturated carbocycles. The first kappa shape index (κ1) is 55.8. The summed E-state index contributed by atoms with van der Waals surface area (Å²) >= 11 is 0. The second kappa shape index (κ2) is 37.8. The Kier molecular flexibility index (Phi) is 35.1. The van der Waals surface area contributed by atoms with Gasteiger partial charge in [-0.3, -0.25) is 28.8 Å². The number of carbonyl (C=O) groups is 8. The fraction of sp³-hybridized carbons (Fsp3) is 0.805. The number of aliphatic carboxylic acids is 3. The molecule has 0 heterocycles. The standard InChI is InChI=1S/C41H72N4O15/c1-31(2)34(46)29-59-27-25-58-24-22-43-38(50)30-60-28-26-57-23-21-42-35(47)19-17-32(40(53)54)45-37(49)20-18-33(41(55)56)44-36(48)15-13-11-9-7-5-3-4-6-8-10-12-14-16-39(51)52/h31-33H,3-30H2,1-2H3,(H,42,47)(H,43,50)(H,44,48)(H,45,49)(H,51,52)(H,53,54)(H,55,56)/t32-,33-/m0/s1. The number of Topliss-reactive ketones (excluding diaryl/α,β-unsaturated/α-hetero) is 1. The van der Waals surface area contributed by atoms with E-state index in [0.29, 0.717) is 13.0 Å². The first-order chi connectivity index (χ1) is 28.7. The third kappa shape index (κ3) is 35.7. The molecule has 0 aliphatic rings. The van der Waals surface area contributed by atoms with E-state index in [1.807, 2.05) is 0 Å². The number of carbonyl (C=O) groups excluding carboxylic acids is 5. The molecule has 2 atom stereocenters. The van der Waals surface area contributed by atoms with Crippen LogP contribution in [0.1, 0.15) is 129 Å². The van der Waals surface area contributed by atoms with Crippen LogP contribution in [-0.2, 0) is 57.3 Å². The van der Waals surface area contributed by atoms with Gasteiger partial charge in [0.05, 0.1) is 39.6 Å². The molecule has 0 aromatic heterocycles. The van der Waals surface area contributed by atoms with Gasteiger partial charge in [-0.1, -0.05) is 78.1 Å². The molecular formula is C41H72N4O15. The molecule has 0 saturated heterocycles. The van der Waals surface area contributed by atoms with Crippen molar-refractivity contribution in [3.63, 3.8) is 0 Å². The van der Waals surface area contributed by atoms with E-state index in [1.165, 1.54) is 0 Å². The van der Waals surface area contributed by atoms with Gasteiger partial charge in [-0.25, -0.2) is 9.59 Å². The van der Waals surface area contributed by atoms with Gasteiger partial charge in [-0.05, 0) is 25.7 Å². The van der Waals surface area contributed by atoms with E-state index in [0.717, 1.165) is 70.6 Å². The van der Waals surface area contributed by atoms with E-state index in [4.69, 9.17) is 24.1 Å². The molecule has 0 fully saturated rings. The van der Waals surface area contributed by atoms with Gasteiger partial charge in [-0.2, -0.15) is 0 Å². The molecule has 0 spiro atoms. The average Bonchev–Trinajstić information content (AvgIpc) is 3.19. The third-order valence-corrected chi connectivity index (χ3v) is 9.13. The lowest BCUT2D eigenvalue weighted by atomic mass is 10.0. The zero-order valence-corrected chi connectivity index (χ0v) is 35.8. The zero-order chi connectivity index (χ0) is 44.8. The Labute approximate surface area is 354 Å². The summed E-state index contributed by atoms with van der Waals surface area (Å²) in [6, 6.07) is -2.70. The number of hydrogen-bond acceptors (Lipinski definition) is 12. The van der Waals surface area contributed by atoms with Crippen molar-refractivity contribution in [1.29, 1.82) is 0 Å². The normalized spacial score (nSPS) is 12.1. The van der Waals surface area contributed by atoms with Crippen LogP contribution in [0.5, 0.6) is 0 Å². The number of amides is 4. The molecule has 0 aliphatic heterocycles. The number of rotatable bonds is 42. The van der Waals surface area contributed by atoms with Gasteiger partial charge >= 0.3 is 17.9 Å². The maximum atomic E-state index is 12.5. The summed E-state index contributed by atoms with van der Waals surface area (Å²) in [4.78, 5) is 94.2. The van der Waals surface area contributed by atoms with Gasteiger partial charge in [-0.15, -0.1) is 0 Å². The Hall–Kier alpha value is -4.20. The minimum Gasteiger partial charge on any atom is -0.481 e. The minimum atomic E-state index is -1.38. The van der Waals surface area contributed by atoms with Crippen LogP contribution in [0, 0.1) is 5.92 Å². The molecule has 0 rings (SSSR count). The molecule has 0 aliphatic carbocycles. The Morgan fingerprint density at radius 3 is 1.27 bits per heavy atom. The van der Waals surface area contributed by atoms with Crippen molar-refractivity contribution < 1.29 is 72.6 Å². The third-order valence-electron chi connectivity index (χ3n) is 9.13. The van der Waals surface area contributed by atoms with Gasteiger partial charge < -0.3 is 55.5 Å². The van der Waals surface area contributed by atoms with E-state index >= 15 is 0 Å². The Morgan fingerprint density at radius 2 is 0.817 bits per heavy atom. The lowest BCUT2D eigenvalue weighted by Crippen LogP contribution is -2.44. The number of ether oxygens (including phenoxy) is 4. The molecule has 19 nitrogen and oxygen atoms in total. The van der Waals surface area contributed by atoms with Crippen LogP contribution in [0.25, 0.3) is 0 Å². The first-order valence-corrected chi connectivity index (χ1v) is 21.4. The predicted octanol–water partition coefficient (Wildman–Crippen LogP) is 2.76. The zero-order valence-electron chi connectivity index (χ0n) is 35.8. The van der Waals surface area contributed by atoms with Crippen molar-refractivity contribution in [3.05, 3.63) is 0 Å². The Balaban J connectivity index is 4.00. The molecule has 0 bridgehead atoms. The van der Waals surface area contributed by atoms with Crippen molar-refractivity contribution in [3.8, 4) is 0 Å². The first-order valence-electron chi connectivity index (χ1n) is 21.4. The fourth-order valence-corrected chi connectivity index (χ4v) is 5.54. The monoisotopic (exact) mass is 860 g/mol. The van der Waals surface area contributed by atoms with Gasteiger partial charge in [0.15, 0.2) is 5.78 Å². The lowest BCUT2D eigenvalue weighted by molar-refractivity contribution is -0.143. The van der Waals surface area contributed by atoms with Crippen molar-refractivity contribution in [2.24, 2.45) is 5.92 Å². The predicted molar refractivity (Wildman–Crippen MR) is 219 cm³/mol. The van der Waals surface area contributed by atoms with Gasteiger partial charge in [0.25, 0.3) is 0 Å². The molecule has 346 valence electrons. The van der Waals surface area contributed by atoms with E-state index in [-0.39, 0.29) is 115 Å². The lowest BCUT2D eigenvalue weighted by Gasteiger charge is -2.17. The summed E-state index contributed by atoms with van der Waals surface area (Å²) in [6.07, 6.45) is 11.2. The SMILES string of the molecule is CC(C)C(=O)COCCOCCNC(=O)COCCOCCNC(=O)CC[C@H](NC(=O)CC[C@H](NC(=O)CCCCCCCCCCCCCCC(=O)O)C(=O)O)C(=O)O. The molecular weight excluding hydrogens is 788 g/mol. The number of unbranched alkanes of at least 4 members (excludes halogenated alkanes) is 11. The number of ketones is 1. The van der Waals surface area contributed by atoms with Crippen LogP contribution in [0.3, 0.4) is 0 Å². The highest BCUT2D eigenvalue weighted by atomic mass is 16.5. The minimum absolute atomic E-state index is 0.0201. The largest absolute Gasteiger partial charge is 0.481 e. The molecule has 7 N–H and O–H groups in total. The fourth-order valence-electron chi connectivity index (χ4n) is 5.54. The number of nitrogens with one attached hydrogen (secondary N) is 4. The van der Waals surface area contributed by atoms with Crippen molar-refractivity contribution >= 4 is 47.3 Å². The summed E-state index contributed by atoms with van der Waals surface area (Å²) in [5, 5.41) is 37.7. The molecule has 19 heteroatoms. The average molecular weight is 861 g/mol. The van der Waals surface area contributed by atoms with Crippen LogP contribution < -0.4 is 21.3 Å². The summed E-state index contributed by atoms with van der Waals surface area (Å²) < 4.78 is 21.1. The van der Waals surface area contributed by atoms with E-state index in [2.05, 4.69) is 21.3 Å². The molecule has 0 radical (unpaired) electrons. The van der Waals surface area contributed by atoms with Crippen molar-refractivity contribution in [2.75, 3.05) is 65.9 Å². The van der Waals surface area contributed by atoms with Crippen LogP contribution in [-0.4, -0.2) is 141 Å². The second-order valence-electron chi connectivity index (χ2n) is 14.8. The van der Waals surface area contributed by atoms with E-state index in [1.54, 1.807) is 13.8 Å². The quantitative estimate of drug-likeness (QED) is 0.0435. The van der Waals surface area contributed by atoms with Crippen LogP contribution in [0.4, 0.5) is 0 Å². The number of hydrogen-bond donors (Lipinski definition) is 7. The van der Waals surface area contributed by atoms with Gasteiger partial charge in [0, 0.05) is 44.7 Å². The Bertz CT molecular complexity index is 1250. The van der Waals surface area contributed by atoms with Gasteiger partial charge in [0.2, 0.25) is 23.6 Å². The number of carboxylic acids is 3. The van der Waals surface area contributed by atoms with E-state index in [9.17, 15) is 48.6 Å². The van der Waals surface area contributed by atoms with Gasteiger partial charge in [0.1, 0.15) is 25.3 Å². The summed E-state index contributed by atoms with van der Waals surface area (Å²) in [5.41, 5.74) is 0. The topological polar surface area (TPSA) is 282 Å². The van der Waals surface area contributed by atoms with Crippen LogP contribution in [0.2, 0.25) is 0 Å². The smallest absolute Gasteiger partial charge is 0.326 e.